The highest BCUT2D eigenvalue weighted by molar-refractivity contribution is 7.19. The molecule has 2 aliphatic heterocycles. The van der Waals surface area contributed by atoms with E-state index < -0.39 is 41.6 Å². The SMILES string of the molecule is Cc1cc(C(F)(F)F)nc(-c2ccnc3c(F)c(COC4CCCCO4)sc23)c1C(=O)N1CC[C@H](N(C)C(=O)OC(C)(C)C)C1. The van der Waals surface area contributed by atoms with E-state index in [-0.39, 0.29) is 63.2 Å². The van der Waals surface area contributed by atoms with Crippen molar-refractivity contribution in [1.82, 2.24) is 19.8 Å². The third kappa shape index (κ3) is 7.23. The first kappa shape index (κ1) is 33.0. The van der Waals surface area contributed by atoms with Crippen LogP contribution in [-0.2, 0) is 27.0 Å². The molecule has 2 fully saturated rings. The number of halogens is 4. The van der Waals surface area contributed by atoms with Crippen LogP contribution in [0.2, 0.25) is 0 Å². The fraction of sp³-hybridized carbons (Fsp3) is 0.548. The van der Waals surface area contributed by atoms with E-state index in [1.807, 2.05) is 0 Å². The minimum Gasteiger partial charge on any atom is -0.444 e. The van der Waals surface area contributed by atoms with Crippen LogP contribution in [0.3, 0.4) is 0 Å². The molecular weight excluding hydrogens is 616 g/mol. The van der Waals surface area contributed by atoms with Crippen LogP contribution in [-0.4, -0.2) is 76.4 Å². The maximum absolute atomic E-state index is 15.5. The number of carbonyl (C=O) groups excluding carboxylic acids is 2. The van der Waals surface area contributed by atoms with Crippen molar-refractivity contribution in [2.75, 3.05) is 26.7 Å². The van der Waals surface area contributed by atoms with Crippen LogP contribution in [0.5, 0.6) is 0 Å². The lowest BCUT2D eigenvalue weighted by Gasteiger charge is -2.28. The number of ether oxygens (including phenoxy) is 3. The molecule has 2 atom stereocenters. The average molecular weight is 653 g/mol. The molecule has 0 bridgehead atoms. The monoisotopic (exact) mass is 652 g/mol. The van der Waals surface area contributed by atoms with E-state index in [9.17, 15) is 22.8 Å². The number of likely N-dealkylation sites (N-methyl/N-ethyl adjacent to an activating group) is 1. The molecule has 0 spiro atoms. The third-order valence-electron chi connectivity index (χ3n) is 7.78. The van der Waals surface area contributed by atoms with Crippen LogP contribution in [0.1, 0.15) is 72.9 Å². The lowest BCUT2D eigenvalue weighted by molar-refractivity contribution is -0.168. The summed E-state index contributed by atoms with van der Waals surface area (Å²) in [6, 6.07) is 1.92. The molecule has 3 aromatic heterocycles. The van der Waals surface area contributed by atoms with Gasteiger partial charge in [0.25, 0.3) is 5.91 Å². The second-order valence-corrected chi connectivity index (χ2v) is 13.4. The zero-order valence-electron chi connectivity index (χ0n) is 25.8. The lowest BCUT2D eigenvalue weighted by atomic mass is 9.99. The zero-order valence-corrected chi connectivity index (χ0v) is 26.6. The zero-order chi connectivity index (χ0) is 32.7. The number of carbonyl (C=O) groups is 2. The summed E-state index contributed by atoms with van der Waals surface area (Å²) in [7, 11) is 1.59. The van der Waals surface area contributed by atoms with Crippen LogP contribution in [0.15, 0.2) is 18.3 Å². The number of rotatable bonds is 6. The molecule has 2 aliphatic rings. The summed E-state index contributed by atoms with van der Waals surface area (Å²) < 4.78 is 74.5. The van der Waals surface area contributed by atoms with Gasteiger partial charge >= 0.3 is 12.3 Å². The second-order valence-electron chi connectivity index (χ2n) is 12.3. The van der Waals surface area contributed by atoms with Crippen molar-refractivity contribution in [3.8, 4) is 11.3 Å². The lowest BCUT2D eigenvalue weighted by Crippen LogP contribution is -2.42. The number of fused-ring (bicyclic) bond motifs is 1. The number of aromatic nitrogens is 2. The molecule has 0 N–H and O–H groups in total. The molecule has 9 nitrogen and oxygen atoms in total. The summed E-state index contributed by atoms with van der Waals surface area (Å²) in [6.45, 7) is 7.55. The quantitative estimate of drug-likeness (QED) is 0.266. The van der Waals surface area contributed by atoms with Gasteiger partial charge in [0.05, 0.1) is 33.5 Å². The van der Waals surface area contributed by atoms with E-state index in [0.29, 0.717) is 19.4 Å². The van der Waals surface area contributed by atoms with E-state index in [0.717, 1.165) is 30.2 Å². The van der Waals surface area contributed by atoms with Crippen LogP contribution < -0.4 is 0 Å². The van der Waals surface area contributed by atoms with Crippen molar-refractivity contribution >= 4 is 33.6 Å². The minimum atomic E-state index is -4.79. The average Bonchev–Trinajstić information content (AvgIpc) is 3.59. The van der Waals surface area contributed by atoms with Gasteiger partial charge in [-0.05, 0) is 71.1 Å². The maximum atomic E-state index is 15.5. The molecule has 45 heavy (non-hydrogen) atoms. The molecule has 2 saturated heterocycles. The number of alkyl halides is 3. The van der Waals surface area contributed by atoms with Gasteiger partial charge < -0.3 is 24.0 Å². The Morgan fingerprint density at radius 1 is 1.20 bits per heavy atom. The smallest absolute Gasteiger partial charge is 0.433 e. The van der Waals surface area contributed by atoms with Gasteiger partial charge in [0.1, 0.15) is 16.8 Å². The van der Waals surface area contributed by atoms with Crippen molar-refractivity contribution in [2.45, 2.75) is 84.1 Å². The number of thiophene rings is 1. The molecule has 14 heteroatoms. The summed E-state index contributed by atoms with van der Waals surface area (Å²) >= 11 is 0.995. The van der Waals surface area contributed by atoms with Gasteiger partial charge in [-0.2, -0.15) is 13.2 Å². The molecule has 0 saturated carbocycles. The molecule has 244 valence electrons. The number of hydrogen-bond acceptors (Lipinski definition) is 8. The molecule has 0 radical (unpaired) electrons. The van der Waals surface area contributed by atoms with E-state index in [4.69, 9.17) is 14.2 Å². The standard InChI is InChI=1S/C31H36F4N4O5S/c1-17-14-21(31(33,34)35)37-25(23(17)28(40)39-12-10-18(15-39)38(5)29(41)44-30(2,3)4)19-9-11-36-26-24(32)20(45-27(19)26)16-43-22-8-6-7-13-42-22/h9,11,14,18,22H,6-8,10,12-13,15-16H2,1-5H3/t18-,22?/m0/s1. The van der Waals surface area contributed by atoms with E-state index >= 15 is 4.39 Å². The van der Waals surface area contributed by atoms with E-state index in [1.165, 1.54) is 29.0 Å². The fourth-order valence-corrected chi connectivity index (χ4v) is 6.54. The Morgan fingerprint density at radius 2 is 1.96 bits per heavy atom. The summed E-state index contributed by atoms with van der Waals surface area (Å²) in [4.78, 5) is 37.9. The van der Waals surface area contributed by atoms with E-state index in [1.54, 1.807) is 27.8 Å². The largest absolute Gasteiger partial charge is 0.444 e. The highest BCUT2D eigenvalue weighted by Crippen LogP contribution is 2.40. The number of hydrogen-bond donors (Lipinski definition) is 0. The van der Waals surface area contributed by atoms with Gasteiger partial charge in [-0.15, -0.1) is 11.3 Å². The Kier molecular flexibility index (Phi) is 9.39. The van der Waals surface area contributed by atoms with Crippen molar-refractivity contribution < 1.29 is 41.4 Å². The van der Waals surface area contributed by atoms with Gasteiger partial charge in [0.2, 0.25) is 0 Å². The fourth-order valence-electron chi connectivity index (χ4n) is 5.46. The van der Waals surface area contributed by atoms with Gasteiger partial charge in [-0.25, -0.2) is 14.2 Å². The van der Waals surface area contributed by atoms with Gasteiger partial charge in [0, 0.05) is 38.5 Å². The Bertz CT molecular complexity index is 1580. The summed E-state index contributed by atoms with van der Waals surface area (Å²) in [5, 5.41) is 0. The van der Waals surface area contributed by atoms with Crippen molar-refractivity contribution in [3.05, 3.63) is 45.8 Å². The normalized spacial score (nSPS) is 19.3. The third-order valence-corrected chi connectivity index (χ3v) is 8.94. The van der Waals surface area contributed by atoms with Crippen molar-refractivity contribution in [1.29, 1.82) is 0 Å². The first-order valence-electron chi connectivity index (χ1n) is 14.8. The molecule has 0 aliphatic carbocycles. The van der Waals surface area contributed by atoms with Crippen LogP contribution in [0, 0.1) is 12.7 Å². The maximum Gasteiger partial charge on any atom is 0.433 e. The molecule has 2 amide bonds. The highest BCUT2D eigenvalue weighted by Gasteiger charge is 2.38. The summed E-state index contributed by atoms with van der Waals surface area (Å²) in [6.07, 6.45) is -1.52. The van der Waals surface area contributed by atoms with Crippen molar-refractivity contribution in [2.24, 2.45) is 0 Å². The molecule has 5 heterocycles. The number of amides is 2. The van der Waals surface area contributed by atoms with Gasteiger partial charge in [-0.3, -0.25) is 9.78 Å². The van der Waals surface area contributed by atoms with Crippen LogP contribution in [0.25, 0.3) is 21.5 Å². The Hall–Kier alpha value is -3.36. The Balaban J connectivity index is 1.50. The van der Waals surface area contributed by atoms with Gasteiger partial charge in [-0.1, -0.05) is 0 Å². The molecule has 1 unspecified atom stereocenters. The molecular formula is C31H36F4N4O5S. The van der Waals surface area contributed by atoms with Crippen molar-refractivity contribution in [3.63, 3.8) is 0 Å². The first-order chi connectivity index (χ1) is 21.1. The number of likely N-dealkylation sites (tertiary alicyclic amines) is 1. The van der Waals surface area contributed by atoms with Crippen LogP contribution in [0.4, 0.5) is 22.4 Å². The second kappa shape index (κ2) is 12.8. The number of aryl methyl sites for hydroxylation is 1. The summed E-state index contributed by atoms with van der Waals surface area (Å²) in [5.74, 6) is -1.18. The van der Waals surface area contributed by atoms with E-state index in [2.05, 4.69) is 9.97 Å². The topological polar surface area (TPSA) is 94.1 Å². The first-order valence-corrected chi connectivity index (χ1v) is 15.6. The molecule has 3 aromatic rings. The predicted molar refractivity (Wildman–Crippen MR) is 159 cm³/mol. The Labute approximate surface area is 262 Å². The predicted octanol–water partition coefficient (Wildman–Crippen LogP) is 6.95. The van der Waals surface area contributed by atoms with Crippen LogP contribution >= 0.6 is 11.3 Å². The summed E-state index contributed by atoms with van der Waals surface area (Å²) in [5.41, 5.74) is -1.94. The Morgan fingerprint density at radius 3 is 2.62 bits per heavy atom. The number of pyridine rings is 2. The molecule has 5 rings (SSSR count). The minimum absolute atomic E-state index is 0.0294. The highest BCUT2D eigenvalue weighted by atomic mass is 32.1. The molecule has 0 aromatic carbocycles. The van der Waals surface area contributed by atoms with Gasteiger partial charge in [0.15, 0.2) is 12.1 Å². The number of nitrogens with zero attached hydrogens (tertiary/aromatic N) is 4.